The van der Waals surface area contributed by atoms with Gasteiger partial charge in [-0.05, 0) is 30.5 Å². The van der Waals surface area contributed by atoms with Crippen molar-refractivity contribution < 1.29 is 14.4 Å². The van der Waals surface area contributed by atoms with Crippen molar-refractivity contribution in [3.63, 3.8) is 0 Å². The molecule has 0 unspecified atom stereocenters. The van der Waals surface area contributed by atoms with Crippen LogP contribution in [0.4, 0.5) is 0 Å². The minimum absolute atomic E-state index is 0.0724. The highest BCUT2D eigenvalue weighted by Crippen LogP contribution is 2.14. The van der Waals surface area contributed by atoms with E-state index in [0.29, 0.717) is 23.6 Å². The Morgan fingerprint density at radius 3 is 2.58 bits per heavy atom. The van der Waals surface area contributed by atoms with Gasteiger partial charge in [-0.1, -0.05) is 43.7 Å². The maximum absolute atomic E-state index is 12.3. The molecule has 7 heteroatoms. The zero-order chi connectivity index (χ0) is 19.7. The number of halogens is 1. The lowest BCUT2D eigenvalue weighted by atomic mass is 9.99. The number of nitrogens with one attached hydrogen (secondary N) is 2. The second kappa shape index (κ2) is 10.6. The van der Waals surface area contributed by atoms with Gasteiger partial charge in [-0.15, -0.1) is 0 Å². The van der Waals surface area contributed by atoms with Gasteiger partial charge in [0.25, 0.3) is 0 Å². The van der Waals surface area contributed by atoms with Gasteiger partial charge in [-0.2, -0.15) is 0 Å². The Kier molecular flexibility index (Phi) is 8.85. The molecule has 0 heterocycles. The fourth-order valence-corrected chi connectivity index (χ4v) is 2.68. The van der Waals surface area contributed by atoms with Crippen LogP contribution in [-0.2, 0) is 20.9 Å². The molecule has 0 bridgehead atoms. The van der Waals surface area contributed by atoms with E-state index in [4.69, 9.17) is 11.6 Å². The van der Waals surface area contributed by atoms with E-state index in [0.717, 1.165) is 5.56 Å². The molecule has 1 rings (SSSR count). The van der Waals surface area contributed by atoms with Crippen molar-refractivity contribution >= 4 is 29.8 Å². The SMILES string of the molecule is CC(=C[C@H](C(C)C)N(C)C(=O)CNC=O)C(=O)NCc1cccc(Cl)c1. The molecule has 2 N–H and O–H groups in total. The van der Waals surface area contributed by atoms with Crippen molar-refractivity contribution in [1.82, 2.24) is 15.5 Å². The van der Waals surface area contributed by atoms with E-state index in [1.165, 1.54) is 4.90 Å². The van der Waals surface area contributed by atoms with E-state index < -0.39 is 0 Å². The molecule has 142 valence electrons. The van der Waals surface area contributed by atoms with Crippen molar-refractivity contribution in [1.29, 1.82) is 0 Å². The predicted molar refractivity (Wildman–Crippen MR) is 103 cm³/mol. The molecule has 0 aliphatic carbocycles. The highest BCUT2D eigenvalue weighted by Gasteiger charge is 2.22. The summed E-state index contributed by atoms with van der Waals surface area (Å²) in [6.07, 6.45) is 2.26. The van der Waals surface area contributed by atoms with Crippen molar-refractivity contribution in [2.45, 2.75) is 33.4 Å². The number of nitrogens with zero attached hydrogens (tertiary/aromatic N) is 1. The monoisotopic (exact) mass is 379 g/mol. The molecule has 0 spiro atoms. The fraction of sp³-hybridized carbons (Fsp3) is 0.421. The number of carbonyl (C=O) groups excluding carboxylic acids is 3. The minimum Gasteiger partial charge on any atom is -0.350 e. The molecule has 26 heavy (non-hydrogen) atoms. The van der Waals surface area contributed by atoms with Crippen molar-refractivity contribution in [2.75, 3.05) is 13.6 Å². The summed E-state index contributed by atoms with van der Waals surface area (Å²) in [5.74, 6) is -0.322. The number of likely N-dealkylation sites (N-methyl/N-ethyl adjacent to an activating group) is 1. The molecule has 0 aromatic heterocycles. The van der Waals surface area contributed by atoms with Crippen LogP contribution in [0.3, 0.4) is 0 Å². The molecule has 0 saturated carbocycles. The van der Waals surface area contributed by atoms with Crippen molar-refractivity contribution in [3.8, 4) is 0 Å². The third-order valence-corrected chi connectivity index (χ3v) is 4.22. The first-order chi connectivity index (χ1) is 12.3. The Morgan fingerprint density at radius 2 is 2.00 bits per heavy atom. The summed E-state index contributed by atoms with van der Waals surface area (Å²) >= 11 is 5.94. The Hall–Kier alpha value is -2.34. The Morgan fingerprint density at radius 1 is 1.31 bits per heavy atom. The van der Waals surface area contributed by atoms with Crippen LogP contribution < -0.4 is 10.6 Å². The van der Waals surface area contributed by atoms with E-state index in [9.17, 15) is 14.4 Å². The molecule has 0 aliphatic heterocycles. The first-order valence-electron chi connectivity index (χ1n) is 8.40. The third kappa shape index (κ3) is 6.88. The Bertz CT molecular complexity index is 674. The third-order valence-electron chi connectivity index (χ3n) is 3.98. The second-order valence-corrected chi connectivity index (χ2v) is 6.84. The highest BCUT2D eigenvalue weighted by atomic mass is 35.5. The number of amides is 3. The molecular weight excluding hydrogens is 354 g/mol. The van der Waals surface area contributed by atoms with Crippen LogP contribution in [0.5, 0.6) is 0 Å². The molecule has 6 nitrogen and oxygen atoms in total. The summed E-state index contributed by atoms with van der Waals surface area (Å²) in [6.45, 7) is 5.95. The van der Waals surface area contributed by atoms with E-state index in [1.807, 2.05) is 26.0 Å². The van der Waals surface area contributed by atoms with Crippen molar-refractivity contribution in [3.05, 3.63) is 46.5 Å². The summed E-state index contributed by atoms with van der Waals surface area (Å²) in [7, 11) is 1.66. The Balaban J connectivity index is 2.76. The van der Waals surface area contributed by atoms with Gasteiger partial charge in [0.15, 0.2) is 0 Å². The summed E-state index contributed by atoms with van der Waals surface area (Å²) in [5.41, 5.74) is 1.43. The van der Waals surface area contributed by atoms with Crippen LogP contribution in [0.15, 0.2) is 35.9 Å². The molecule has 0 saturated heterocycles. The van der Waals surface area contributed by atoms with Crippen LogP contribution in [0, 0.1) is 5.92 Å². The number of hydrogen-bond acceptors (Lipinski definition) is 3. The van der Waals surface area contributed by atoms with Gasteiger partial charge in [-0.3, -0.25) is 14.4 Å². The van der Waals surface area contributed by atoms with Crippen LogP contribution in [-0.4, -0.2) is 42.8 Å². The highest BCUT2D eigenvalue weighted by molar-refractivity contribution is 6.30. The normalized spacial score (nSPS) is 12.5. The van der Waals surface area contributed by atoms with Crippen LogP contribution in [0.25, 0.3) is 0 Å². The molecular formula is C19H26ClN3O3. The summed E-state index contributed by atoms with van der Waals surface area (Å²) in [4.78, 5) is 36.3. The molecule has 0 radical (unpaired) electrons. The summed E-state index contributed by atoms with van der Waals surface area (Å²) < 4.78 is 0. The van der Waals surface area contributed by atoms with E-state index in [2.05, 4.69) is 10.6 Å². The maximum Gasteiger partial charge on any atom is 0.246 e. The lowest BCUT2D eigenvalue weighted by Gasteiger charge is -2.29. The molecule has 0 fully saturated rings. The smallest absolute Gasteiger partial charge is 0.246 e. The van der Waals surface area contributed by atoms with E-state index >= 15 is 0 Å². The first kappa shape index (κ1) is 21.7. The lowest BCUT2D eigenvalue weighted by Crippen LogP contribution is -2.43. The summed E-state index contributed by atoms with van der Waals surface area (Å²) in [6, 6.07) is 7.03. The Labute approximate surface area is 159 Å². The minimum atomic E-state index is -0.257. The number of hydrogen-bond donors (Lipinski definition) is 2. The van der Waals surface area contributed by atoms with Gasteiger partial charge in [0, 0.05) is 24.2 Å². The fourth-order valence-electron chi connectivity index (χ4n) is 2.47. The average Bonchev–Trinajstić information content (AvgIpc) is 2.61. The zero-order valence-corrected chi connectivity index (χ0v) is 16.3. The maximum atomic E-state index is 12.3. The molecule has 3 amide bonds. The van der Waals surface area contributed by atoms with Gasteiger partial charge in [0.2, 0.25) is 18.2 Å². The first-order valence-corrected chi connectivity index (χ1v) is 8.77. The van der Waals surface area contributed by atoms with Gasteiger partial charge >= 0.3 is 0 Å². The topological polar surface area (TPSA) is 78.5 Å². The molecule has 1 aromatic rings. The van der Waals surface area contributed by atoms with Gasteiger partial charge < -0.3 is 15.5 Å². The van der Waals surface area contributed by atoms with Gasteiger partial charge in [0.1, 0.15) is 0 Å². The van der Waals surface area contributed by atoms with Crippen molar-refractivity contribution in [2.24, 2.45) is 5.92 Å². The number of carbonyl (C=O) groups is 3. The van der Waals surface area contributed by atoms with Gasteiger partial charge in [0.05, 0.1) is 12.6 Å². The largest absolute Gasteiger partial charge is 0.350 e. The van der Waals surface area contributed by atoms with Crippen LogP contribution >= 0.6 is 11.6 Å². The molecule has 0 aliphatic rings. The predicted octanol–water partition coefficient (Wildman–Crippen LogP) is 2.13. The average molecular weight is 380 g/mol. The standard InChI is InChI=1S/C19H26ClN3O3/c1-13(2)17(23(4)18(25)11-21-12-24)8-14(3)19(26)22-10-15-6-5-7-16(20)9-15/h5-9,12-13,17H,10-11H2,1-4H3,(H,21,24)(H,22,26)/t17-/m1/s1. The lowest BCUT2D eigenvalue weighted by molar-refractivity contribution is -0.132. The van der Waals surface area contributed by atoms with Crippen LogP contribution in [0.1, 0.15) is 26.3 Å². The van der Waals surface area contributed by atoms with E-state index in [-0.39, 0.29) is 30.3 Å². The van der Waals surface area contributed by atoms with Crippen LogP contribution in [0.2, 0.25) is 5.02 Å². The molecule has 1 atom stereocenters. The zero-order valence-electron chi connectivity index (χ0n) is 15.6. The quantitative estimate of drug-likeness (QED) is 0.509. The summed E-state index contributed by atoms with van der Waals surface area (Å²) in [5, 5.41) is 5.82. The second-order valence-electron chi connectivity index (χ2n) is 6.40. The number of benzene rings is 1. The number of rotatable bonds is 9. The van der Waals surface area contributed by atoms with Gasteiger partial charge in [-0.25, -0.2) is 0 Å². The molecule has 1 aromatic carbocycles. The van der Waals surface area contributed by atoms with E-state index in [1.54, 1.807) is 32.2 Å².